The molecule has 0 saturated carbocycles. The van der Waals surface area contributed by atoms with Crippen LogP contribution in [0, 0.1) is 6.92 Å². The van der Waals surface area contributed by atoms with E-state index in [4.69, 9.17) is 0 Å². The Labute approximate surface area is 130 Å². The summed E-state index contributed by atoms with van der Waals surface area (Å²) in [5.41, 5.74) is 4.78. The molecule has 21 heavy (non-hydrogen) atoms. The van der Waals surface area contributed by atoms with E-state index in [1.54, 1.807) is 11.8 Å². The molecule has 0 saturated heterocycles. The minimum atomic E-state index is 0.190. The van der Waals surface area contributed by atoms with Crippen LogP contribution in [0.25, 0.3) is 0 Å². The van der Waals surface area contributed by atoms with Crippen LogP contribution in [0.3, 0.4) is 0 Å². The number of phenolic OH excluding ortho intramolecular Hbond substituents is 1. The van der Waals surface area contributed by atoms with Gasteiger partial charge in [0.15, 0.2) is 0 Å². The van der Waals surface area contributed by atoms with E-state index in [0.29, 0.717) is 11.7 Å². The molecule has 2 unspecified atom stereocenters. The number of aryl methyl sites for hydroxylation is 1. The van der Waals surface area contributed by atoms with Crippen molar-refractivity contribution in [1.29, 1.82) is 0 Å². The van der Waals surface area contributed by atoms with E-state index < -0.39 is 0 Å². The molecule has 2 aromatic carbocycles. The molecule has 0 bridgehead atoms. The molecule has 0 amide bonds. The number of anilines is 1. The molecule has 0 radical (unpaired) electrons. The van der Waals surface area contributed by atoms with Crippen LogP contribution in [0.1, 0.15) is 42.0 Å². The van der Waals surface area contributed by atoms with Gasteiger partial charge in [0.05, 0.1) is 6.04 Å². The maximum Gasteiger partial charge on any atom is 0.121 e. The first-order valence-electron chi connectivity index (χ1n) is 7.33. The van der Waals surface area contributed by atoms with Crippen molar-refractivity contribution in [2.45, 2.75) is 37.1 Å². The highest BCUT2D eigenvalue weighted by Gasteiger charge is 2.32. The number of thioether (sulfide) groups is 1. The molecule has 3 heteroatoms. The topological polar surface area (TPSA) is 32.3 Å². The van der Waals surface area contributed by atoms with Gasteiger partial charge in [-0.15, -0.1) is 11.8 Å². The zero-order valence-corrected chi connectivity index (χ0v) is 13.5. The highest BCUT2D eigenvalue weighted by molar-refractivity contribution is 7.98. The van der Waals surface area contributed by atoms with Gasteiger partial charge < -0.3 is 10.4 Å². The lowest BCUT2D eigenvalue weighted by atomic mass is 9.97. The fraction of sp³-hybridized carbons (Fsp3) is 0.333. The van der Waals surface area contributed by atoms with Gasteiger partial charge in [0.2, 0.25) is 0 Å². The molecule has 2 nitrogen and oxygen atoms in total. The van der Waals surface area contributed by atoms with Gasteiger partial charge in [-0.3, -0.25) is 0 Å². The minimum absolute atomic E-state index is 0.190. The van der Waals surface area contributed by atoms with Gasteiger partial charge in [-0.05, 0) is 67.0 Å². The smallest absolute Gasteiger partial charge is 0.121 e. The normalized spacial score (nSPS) is 20.3. The Balaban J connectivity index is 1.90. The molecular formula is C18H21NOS. The van der Waals surface area contributed by atoms with Gasteiger partial charge in [-0.2, -0.15) is 0 Å². The monoisotopic (exact) mass is 299 g/mol. The van der Waals surface area contributed by atoms with Gasteiger partial charge in [-0.1, -0.05) is 13.0 Å². The van der Waals surface area contributed by atoms with E-state index in [-0.39, 0.29) is 6.04 Å². The highest BCUT2D eigenvalue weighted by Crippen LogP contribution is 2.47. The Bertz CT molecular complexity index is 651. The molecule has 110 valence electrons. The Morgan fingerprint density at radius 3 is 2.48 bits per heavy atom. The van der Waals surface area contributed by atoms with Crippen LogP contribution in [0.4, 0.5) is 5.69 Å². The lowest BCUT2D eigenvalue weighted by Gasteiger charge is -2.17. The Kier molecular flexibility index (Phi) is 3.85. The molecule has 0 spiro atoms. The van der Waals surface area contributed by atoms with Crippen molar-refractivity contribution in [3.05, 3.63) is 53.1 Å². The fourth-order valence-electron chi connectivity index (χ4n) is 3.36. The standard InChI is InChI=1S/C18H21NOS/c1-11-4-9-16(20)18-15(10-12(2)17(11)18)19-13-5-7-14(21-3)8-6-13/h4-9,12,15,19-20H,10H2,1-3H3. The lowest BCUT2D eigenvalue weighted by molar-refractivity contribution is 0.465. The van der Waals surface area contributed by atoms with E-state index in [2.05, 4.69) is 49.7 Å². The summed E-state index contributed by atoms with van der Waals surface area (Å²) in [6, 6.07) is 12.5. The predicted octanol–water partition coefficient (Wildman–Crippen LogP) is 5.08. The molecule has 0 heterocycles. The van der Waals surface area contributed by atoms with Crippen molar-refractivity contribution in [2.24, 2.45) is 0 Å². The molecule has 2 aromatic rings. The second-order valence-electron chi connectivity index (χ2n) is 5.79. The average molecular weight is 299 g/mol. The summed E-state index contributed by atoms with van der Waals surface area (Å²) in [4.78, 5) is 1.26. The Hall–Kier alpha value is -1.61. The number of phenols is 1. The number of hydrogen-bond acceptors (Lipinski definition) is 3. The Morgan fingerprint density at radius 1 is 1.10 bits per heavy atom. The van der Waals surface area contributed by atoms with Crippen LogP contribution < -0.4 is 5.32 Å². The third-order valence-corrected chi connectivity index (χ3v) is 5.09. The van der Waals surface area contributed by atoms with Crippen molar-refractivity contribution in [3.8, 4) is 5.75 Å². The van der Waals surface area contributed by atoms with Crippen LogP contribution in [0.15, 0.2) is 41.3 Å². The zero-order chi connectivity index (χ0) is 15.0. The molecule has 0 aliphatic heterocycles. The number of nitrogens with one attached hydrogen (secondary N) is 1. The summed E-state index contributed by atoms with van der Waals surface area (Å²) in [5, 5.41) is 13.8. The third kappa shape index (κ3) is 2.62. The second kappa shape index (κ2) is 5.64. The predicted molar refractivity (Wildman–Crippen MR) is 90.5 cm³/mol. The van der Waals surface area contributed by atoms with Gasteiger partial charge in [0.1, 0.15) is 5.75 Å². The van der Waals surface area contributed by atoms with Crippen LogP contribution >= 0.6 is 11.8 Å². The summed E-state index contributed by atoms with van der Waals surface area (Å²) < 4.78 is 0. The molecule has 0 fully saturated rings. The van der Waals surface area contributed by atoms with Crippen LogP contribution in [-0.4, -0.2) is 11.4 Å². The van der Waals surface area contributed by atoms with E-state index in [1.807, 2.05) is 12.1 Å². The summed E-state index contributed by atoms with van der Waals surface area (Å²) in [6.07, 6.45) is 3.11. The summed E-state index contributed by atoms with van der Waals surface area (Å²) in [7, 11) is 0. The van der Waals surface area contributed by atoms with Crippen LogP contribution in [0.5, 0.6) is 5.75 Å². The number of fused-ring (bicyclic) bond motifs is 1. The van der Waals surface area contributed by atoms with E-state index in [9.17, 15) is 5.11 Å². The van der Waals surface area contributed by atoms with Crippen molar-refractivity contribution in [1.82, 2.24) is 0 Å². The molecular weight excluding hydrogens is 278 g/mol. The van der Waals surface area contributed by atoms with Gasteiger partial charge in [0.25, 0.3) is 0 Å². The molecule has 2 N–H and O–H groups in total. The number of rotatable bonds is 3. The van der Waals surface area contributed by atoms with Crippen LogP contribution in [0.2, 0.25) is 0 Å². The lowest BCUT2D eigenvalue weighted by Crippen LogP contribution is -2.07. The van der Waals surface area contributed by atoms with Crippen molar-refractivity contribution in [2.75, 3.05) is 11.6 Å². The molecule has 2 atom stereocenters. The maximum absolute atomic E-state index is 10.3. The second-order valence-corrected chi connectivity index (χ2v) is 6.67. The van der Waals surface area contributed by atoms with Gasteiger partial charge in [-0.25, -0.2) is 0 Å². The molecule has 0 aromatic heterocycles. The minimum Gasteiger partial charge on any atom is -0.508 e. The average Bonchev–Trinajstić information content (AvgIpc) is 2.81. The maximum atomic E-state index is 10.3. The quantitative estimate of drug-likeness (QED) is 0.775. The fourth-order valence-corrected chi connectivity index (χ4v) is 3.77. The molecule has 1 aliphatic rings. The zero-order valence-electron chi connectivity index (χ0n) is 12.7. The van der Waals surface area contributed by atoms with Crippen molar-refractivity contribution in [3.63, 3.8) is 0 Å². The van der Waals surface area contributed by atoms with Crippen molar-refractivity contribution < 1.29 is 5.11 Å². The van der Waals surface area contributed by atoms with E-state index in [1.165, 1.54) is 16.0 Å². The van der Waals surface area contributed by atoms with Gasteiger partial charge in [0, 0.05) is 16.1 Å². The summed E-state index contributed by atoms with van der Waals surface area (Å²) in [6.45, 7) is 4.37. The number of benzene rings is 2. The molecule has 1 aliphatic carbocycles. The summed E-state index contributed by atoms with van der Waals surface area (Å²) in [5.74, 6) is 0.897. The first kappa shape index (κ1) is 14.3. The number of aromatic hydroxyl groups is 1. The van der Waals surface area contributed by atoms with Crippen LogP contribution in [-0.2, 0) is 0 Å². The third-order valence-electron chi connectivity index (χ3n) is 4.34. The molecule has 3 rings (SSSR count). The largest absolute Gasteiger partial charge is 0.508 e. The first-order chi connectivity index (χ1) is 10.1. The first-order valence-corrected chi connectivity index (χ1v) is 8.55. The van der Waals surface area contributed by atoms with Crippen molar-refractivity contribution >= 4 is 17.4 Å². The number of hydrogen-bond donors (Lipinski definition) is 2. The SMILES string of the molecule is CSc1ccc(NC2CC(C)c3c(C)ccc(O)c32)cc1. The van der Waals surface area contributed by atoms with E-state index >= 15 is 0 Å². The van der Waals surface area contributed by atoms with E-state index in [0.717, 1.165) is 17.7 Å². The van der Waals surface area contributed by atoms with Gasteiger partial charge >= 0.3 is 0 Å². The highest BCUT2D eigenvalue weighted by atomic mass is 32.2. The summed E-state index contributed by atoms with van der Waals surface area (Å²) >= 11 is 1.75. The Morgan fingerprint density at radius 2 is 1.81 bits per heavy atom.